The number of hydrogen-bond donors (Lipinski definition) is 0. The summed E-state index contributed by atoms with van der Waals surface area (Å²) in [4.78, 5) is 2.25. The van der Waals surface area contributed by atoms with Gasteiger partial charge in [-0.05, 0) is 58.8 Å². The summed E-state index contributed by atoms with van der Waals surface area (Å²) >= 11 is 0. The van der Waals surface area contributed by atoms with Crippen LogP contribution in [0.25, 0.3) is 21.9 Å². The van der Waals surface area contributed by atoms with Gasteiger partial charge >= 0.3 is 0 Å². The smallest absolute Gasteiger partial charge is 0.101 e. The Hall–Kier alpha value is -5.12. The molecule has 0 heterocycles. The minimum absolute atomic E-state index is 0.367. The van der Waals surface area contributed by atoms with Crippen molar-refractivity contribution >= 4 is 39.0 Å². The first kappa shape index (κ1) is 24.6. The van der Waals surface area contributed by atoms with Crippen LogP contribution in [0.1, 0.15) is 30.0 Å². The fourth-order valence-corrected chi connectivity index (χ4v) is 4.84. The number of nitrogens with zero attached hydrogens (tertiary/aromatic N) is 3. The topological polar surface area (TPSA) is 50.8 Å². The molecule has 0 bridgehead atoms. The van der Waals surface area contributed by atoms with Gasteiger partial charge in [-0.3, -0.25) is 0 Å². The number of hydrogen-bond acceptors (Lipinski definition) is 3. The highest BCUT2D eigenvalue weighted by Gasteiger charge is 2.17. The van der Waals surface area contributed by atoms with E-state index in [0.29, 0.717) is 16.7 Å². The molecule has 0 radical (unpaired) electrons. The van der Waals surface area contributed by atoms with Crippen LogP contribution in [0.2, 0.25) is 0 Å². The van der Waals surface area contributed by atoms with E-state index in [1.165, 1.54) is 10.9 Å². The highest BCUT2D eigenvalue weighted by Crippen LogP contribution is 2.39. The Labute approximate surface area is 224 Å². The third-order valence-electron chi connectivity index (χ3n) is 6.69. The van der Waals surface area contributed by atoms with Crippen LogP contribution in [0.3, 0.4) is 0 Å². The van der Waals surface area contributed by atoms with Gasteiger partial charge in [0, 0.05) is 16.8 Å². The highest BCUT2D eigenvalue weighted by atomic mass is 15.1. The van der Waals surface area contributed by atoms with Gasteiger partial charge in [0.1, 0.15) is 12.1 Å². The van der Waals surface area contributed by atoms with Crippen molar-refractivity contribution in [1.82, 2.24) is 0 Å². The zero-order valence-electron chi connectivity index (χ0n) is 21.3. The minimum atomic E-state index is 0.367. The van der Waals surface area contributed by atoms with E-state index in [0.717, 1.165) is 40.9 Å². The van der Waals surface area contributed by atoms with Gasteiger partial charge in [-0.25, -0.2) is 0 Å². The molecule has 0 amide bonds. The van der Waals surface area contributed by atoms with Gasteiger partial charge in [-0.2, -0.15) is 10.5 Å². The zero-order valence-corrected chi connectivity index (χ0v) is 21.3. The van der Waals surface area contributed by atoms with Crippen molar-refractivity contribution in [1.29, 1.82) is 10.5 Å². The summed E-state index contributed by atoms with van der Waals surface area (Å²) in [5.41, 5.74) is 6.63. The molecule has 182 valence electrons. The quantitative estimate of drug-likeness (QED) is 0.169. The lowest BCUT2D eigenvalue weighted by molar-refractivity contribution is 0.922. The van der Waals surface area contributed by atoms with E-state index in [4.69, 9.17) is 0 Å². The molecule has 0 aromatic heterocycles. The van der Waals surface area contributed by atoms with E-state index in [1.807, 2.05) is 54.6 Å². The van der Waals surface area contributed by atoms with E-state index in [9.17, 15) is 10.5 Å². The second-order valence-corrected chi connectivity index (χ2v) is 9.14. The number of fused-ring (bicyclic) bond motifs is 1. The fraction of sp³-hybridized carbons (Fsp3) is 0.0857. The Morgan fingerprint density at radius 3 is 1.79 bits per heavy atom. The molecular formula is C35H27N3. The normalized spacial score (nSPS) is 11.3. The summed E-state index contributed by atoms with van der Waals surface area (Å²) in [5, 5.41) is 22.2. The molecule has 38 heavy (non-hydrogen) atoms. The van der Waals surface area contributed by atoms with Crippen molar-refractivity contribution in [2.75, 3.05) is 4.90 Å². The molecule has 0 atom stereocenters. The highest BCUT2D eigenvalue weighted by molar-refractivity contribution is 6.03. The molecule has 5 aromatic carbocycles. The minimum Gasteiger partial charge on any atom is -0.310 e. The molecule has 0 fully saturated rings. The van der Waals surface area contributed by atoms with Crippen LogP contribution in [0, 0.1) is 22.7 Å². The fourth-order valence-electron chi connectivity index (χ4n) is 4.84. The van der Waals surface area contributed by atoms with Gasteiger partial charge in [-0.1, -0.05) is 104 Å². The number of aryl methyl sites for hydroxylation is 1. The Bertz CT molecular complexity index is 1660. The van der Waals surface area contributed by atoms with Crippen LogP contribution in [0.15, 0.2) is 121 Å². The maximum Gasteiger partial charge on any atom is 0.101 e. The summed E-state index contributed by atoms with van der Waals surface area (Å²) in [7, 11) is 0. The van der Waals surface area contributed by atoms with Crippen LogP contribution >= 0.6 is 0 Å². The largest absolute Gasteiger partial charge is 0.310 e. The van der Waals surface area contributed by atoms with Gasteiger partial charge in [0.2, 0.25) is 0 Å². The monoisotopic (exact) mass is 489 g/mol. The summed E-state index contributed by atoms with van der Waals surface area (Å²) < 4.78 is 0. The van der Waals surface area contributed by atoms with E-state index in [-0.39, 0.29) is 0 Å². The van der Waals surface area contributed by atoms with Gasteiger partial charge in [0.05, 0.1) is 16.8 Å². The SMILES string of the molecule is CCCc1ccc(N(c2ccc(/C(C#N)=C(\C#N)c3ccccc3)cc2)c2cccc3ccccc23)cc1. The average molecular weight is 490 g/mol. The molecule has 0 unspecified atom stereocenters. The Morgan fingerprint density at radius 2 is 1.16 bits per heavy atom. The van der Waals surface area contributed by atoms with Crippen molar-refractivity contribution in [3.05, 3.63) is 138 Å². The Kier molecular flexibility index (Phi) is 7.30. The van der Waals surface area contributed by atoms with Crippen LogP contribution < -0.4 is 4.90 Å². The van der Waals surface area contributed by atoms with Gasteiger partial charge in [-0.15, -0.1) is 0 Å². The van der Waals surface area contributed by atoms with E-state index >= 15 is 0 Å². The third kappa shape index (κ3) is 4.92. The lowest BCUT2D eigenvalue weighted by Crippen LogP contribution is -2.10. The first-order chi connectivity index (χ1) is 18.7. The Morgan fingerprint density at radius 1 is 0.605 bits per heavy atom. The molecule has 5 aromatic rings. The molecular weight excluding hydrogens is 462 g/mol. The van der Waals surface area contributed by atoms with E-state index in [2.05, 4.69) is 90.7 Å². The molecule has 0 aliphatic rings. The van der Waals surface area contributed by atoms with Gasteiger partial charge in [0.15, 0.2) is 0 Å². The summed E-state index contributed by atoms with van der Waals surface area (Å²) in [5.74, 6) is 0. The standard InChI is InChI=1S/C35H27N3/c1-2-9-26-16-20-30(21-17-26)38(35-15-8-13-27-12-6-7-14-32(27)35)31-22-18-29(19-23-31)34(25-37)33(24-36)28-10-4-3-5-11-28/h3-8,10-23H,2,9H2,1H3/b34-33+. The van der Waals surface area contributed by atoms with E-state index < -0.39 is 0 Å². The molecule has 0 aliphatic carbocycles. The molecule has 0 N–H and O–H groups in total. The molecule has 3 nitrogen and oxygen atoms in total. The third-order valence-corrected chi connectivity index (χ3v) is 6.69. The first-order valence-corrected chi connectivity index (χ1v) is 12.8. The second kappa shape index (κ2) is 11.3. The zero-order chi connectivity index (χ0) is 26.3. The lowest BCUT2D eigenvalue weighted by Gasteiger charge is -2.27. The van der Waals surface area contributed by atoms with Crippen molar-refractivity contribution < 1.29 is 0 Å². The Balaban J connectivity index is 1.63. The average Bonchev–Trinajstić information content (AvgIpc) is 2.98. The van der Waals surface area contributed by atoms with Crippen LogP contribution in [-0.2, 0) is 6.42 Å². The van der Waals surface area contributed by atoms with Gasteiger partial charge < -0.3 is 4.90 Å². The predicted octanol–water partition coefficient (Wildman–Crippen LogP) is 9.22. The number of benzene rings is 5. The molecule has 0 saturated heterocycles. The second-order valence-electron chi connectivity index (χ2n) is 9.14. The lowest BCUT2D eigenvalue weighted by atomic mass is 9.96. The molecule has 0 saturated carbocycles. The molecule has 0 aliphatic heterocycles. The number of rotatable bonds is 7. The van der Waals surface area contributed by atoms with Gasteiger partial charge in [0.25, 0.3) is 0 Å². The van der Waals surface area contributed by atoms with Crippen molar-refractivity contribution in [2.24, 2.45) is 0 Å². The van der Waals surface area contributed by atoms with Crippen LogP contribution in [0.4, 0.5) is 17.1 Å². The number of allylic oxidation sites excluding steroid dienone is 2. The van der Waals surface area contributed by atoms with Crippen molar-refractivity contribution in [3.8, 4) is 12.1 Å². The molecule has 3 heteroatoms. The van der Waals surface area contributed by atoms with Crippen molar-refractivity contribution in [2.45, 2.75) is 19.8 Å². The van der Waals surface area contributed by atoms with Crippen molar-refractivity contribution in [3.63, 3.8) is 0 Å². The van der Waals surface area contributed by atoms with Crippen LogP contribution in [0.5, 0.6) is 0 Å². The number of anilines is 3. The first-order valence-electron chi connectivity index (χ1n) is 12.8. The maximum atomic E-state index is 10.00. The maximum absolute atomic E-state index is 10.00. The molecule has 0 spiro atoms. The molecule has 5 rings (SSSR count). The summed E-state index contributed by atoms with van der Waals surface area (Å²) in [6.07, 6.45) is 2.16. The summed E-state index contributed by atoms with van der Waals surface area (Å²) in [6.45, 7) is 2.19. The van der Waals surface area contributed by atoms with E-state index in [1.54, 1.807) is 0 Å². The van der Waals surface area contributed by atoms with Crippen LogP contribution in [-0.4, -0.2) is 0 Å². The summed E-state index contributed by atoms with van der Waals surface area (Å²) in [6, 6.07) is 45.2. The predicted molar refractivity (Wildman–Crippen MR) is 157 cm³/mol. The number of nitriles is 2.